The van der Waals surface area contributed by atoms with Crippen molar-refractivity contribution in [3.8, 4) is 11.8 Å². The Kier molecular flexibility index (Phi) is 9.21. The monoisotopic (exact) mass is 642 g/mol. The number of carbonyl (C=O) groups excluding carboxylic acids is 1. The number of hydrogen-bond donors (Lipinski definition) is 0. The summed E-state index contributed by atoms with van der Waals surface area (Å²) in [5.74, 6) is -2.69. The molecule has 0 bridgehead atoms. The van der Waals surface area contributed by atoms with E-state index in [1.807, 2.05) is 6.07 Å². The number of hydrogen-bond acceptors (Lipinski definition) is 6. The number of sulfone groups is 1. The highest BCUT2D eigenvalue weighted by Crippen LogP contribution is 2.32. The maximum Gasteiger partial charge on any atom is 0.419 e. The number of para-hydroxylation sites is 1. The van der Waals surface area contributed by atoms with Gasteiger partial charge in [0.1, 0.15) is 11.6 Å². The van der Waals surface area contributed by atoms with Crippen LogP contribution in [0.4, 0.5) is 17.6 Å². The van der Waals surface area contributed by atoms with Gasteiger partial charge in [0, 0.05) is 6.54 Å². The molecule has 4 rings (SSSR count). The maximum atomic E-state index is 14.0. The summed E-state index contributed by atoms with van der Waals surface area (Å²) in [7, 11) is -3.77. The second-order valence-corrected chi connectivity index (χ2v) is 14.3. The SMILES string of the molecule is C[C@H](c1nc2ccccc2c(=O)n1-c1ccc(C#N)cc1)N(CCS(=O)(=O)C(C)(C)C)C(=O)Cc1ccc(F)c(C(F)(F)F)c1. The lowest BCUT2D eigenvalue weighted by molar-refractivity contribution is -0.140. The number of carbonyl (C=O) groups is 1. The first-order valence-electron chi connectivity index (χ1n) is 13.8. The maximum absolute atomic E-state index is 14.0. The van der Waals surface area contributed by atoms with E-state index in [1.54, 1.807) is 24.3 Å². The minimum atomic E-state index is -5.00. The highest BCUT2D eigenvalue weighted by molar-refractivity contribution is 7.92. The van der Waals surface area contributed by atoms with Gasteiger partial charge >= 0.3 is 6.18 Å². The predicted molar refractivity (Wildman–Crippen MR) is 161 cm³/mol. The van der Waals surface area contributed by atoms with Crippen molar-refractivity contribution in [1.82, 2.24) is 14.5 Å². The molecule has 1 atom stereocenters. The Morgan fingerprint density at radius 3 is 2.29 bits per heavy atom. The van der Waals surface area contributed by atoms with Crippen LogP contribution in [0.1, 0.15) is 56.3 Å². The molecular weight excluding hydrogens is 612 g/mol. The molecule has 236 valence electrons. The van der Waals surface area contributed by atoms with Gasteiger partial charge in [0.05, 0.1) is 56.7 Å². The summed E-state index contributed by atoms with van der Waals surface area (Å²) in [6, 6.07) is 15.7. The van der Waals surface area contributed by atoms with Gasteiger partial charge in [-0.05, 0) is 81.8 Å². The Bertz CT molecular complexity index is 1960. The van der Waals surface area contributed by atoms with Crippen LogP contribution < -0.4 is 5.56 Å². The first-order chi connectivity index (χ1) is 20.9. The largest absolute Gasteiger partial charge is 0.419 e. The van der Waals surface area contributed by atoms with Crippen LogP contribution in [0.3, 0.4) is 0 Å². The lowest BCUT2D eigenvalue weighted by Crippen LogP contribution is -2.43. The molecule has 13 heteroatoms. The third-order valence-electron chi connectivity index (χ3n) is 7.44. The van der Waals surface area contributed by atoms with E-state index in [2.05, 4.69) is 4.98 Å². The third kappa shape index (κ3) is 7.06. The number of alkyl halides is 3. The van der Waals surface area contributed by atoms with Crippen LogP contribution in [0.15, 0.2) is 71.5 Å². The number of halogens is 4. The standard InChI is InChI=1S/C32H30F4N4O4S/c1-20(29-38-27-8-6-5-7-24(27)30(42)40(29)23-12-9-21(19-37)10-13-23)39(15-16-45(43,44)31(2,3)4)28(41)18-22-11-14-26(33)25(17-22)32(34,35)36/h5-14,17,20H,15-16,18H2,1-4H3/t20-/m1/s1. The smallest absolute Gasteiger partial charge is 0.331 e. The molecular formula is C32H30F4N4O4S. The van der Waals surface area contributed by atoms with Crippen LogP contribution in [-0.4, -0.2) is 45.8 Å². The van der Waals surface area contributed by atoms with Gasteiger partial charge in [0.15, 0.2) is 9.84 Å². The molecule has 1 heterocycles. The van der Waals surface area contributed by atoms with Gasteiger partial charge < -0.3 is 4.90 Å². The van der Waals surface area contributed by atoms with E-state index in [0.717, 1.165) is 11.0 Å². The molecule has 3 aromatic carbocycles. The van der Waals surface area contributed by atoms with Crippen molar-refractivity contribution in [1.29, 1.82) is 5.26 Å². The molecule has 0 aliphatic carbocycles. The zero-order valence-corrected chi connectivity index (χ0v) is 25.7. The van der Waals surface area contributed by atoms with Gasteiger partial charge in [0.25, 0.3) is 5.56 Å². The number of rotatable bonds is 8. The minimum Gasteiger partial charge on any atom is -0.331 e. The molecule has 1 aromatic heterocycles. The van der Waals surface area contributed by atoms with E-state index in [1.165, 1.54) is 56.5 Å². The van der Waals surface area contributed by atoms with E-state index in [-0.39, 0.29) is 23.3 Å². The summed E-state index contributed by atoms with van der Waals surface area (Å²) in [5.41, 5.74) is -1.21. The van der Waals surface area contributed by atoms with Crippen molar-refractivity contribution in [3.63, 3.8) is 0 Å². The molecule has 0 aliphatic heterocycles. The van der Waals surface area contributed by atoms with Crippen molar-refractivity contribution in [3.05, 3.63) is 105 Å². The summed E-state index contributed by atoms with van der Waals surface area (Å²) < 4.78 is 80.4. The number of fused-ring (bicyclic) bond motifs is 1. The Labute approximate surface area is 257 Å². The summed E-state index contributed by atoms with van der Waals surface area (Å²) in [6.45, 7) is 5.67. The first-order valence-corrected chi connectivity index (χ1v) is 15.5. The number of nitriles is 1. The lowest BCUT2D eigenvalue weighted by Gasteiger charge is -2.32. The number of nitrogens with zero attached hydrogens (tertiary/aromatic N) is 4. The zero-order chi connectivity index (χ0) is 33.3. The highest BCUT2D eigenvalue weighted by atomic mass is 32.2. The number of amides is 1. The molecule has 4 aromatic rings. The molecule has 0 fully saturated rings. The van der Waals surface area contributed by atoms with E-state index < -0.39 is 61.8 Å². The molecule has 8 nitrogen and oxygen atoms in total. The molecule has 0 unspecified atom stereocenters. The van der Waals surface area contributed by atoms with Gasteiger partial charge in [-0.3, -0.25) is 14.2 Å². The zero-order valence-electron chi connectivity index (χ0n) is 24.9. The van der Waals surface area contributed by atoms with Crippen molar-refractivity contribution in [2.24, 2.45) is 0 Å². The van der Waals surface area contributed by atoms with Crippen molar-refractivity contribution in [2.45, 2.75) is 51.1 Å². The minimum absolute atomic E-state index is 0.0556. The normalized spacial score (nSPS) is 13.0. The Balaban J connectivity index is 1.86. The summed E-state index contributed by atoms with van der Waals surface area (Å²) in [6.07, 6.45) is -5.61. The van der Waals surface area contributed by atoms with Crippen LogP contribution in [0.5, 0.6) is 0 Å². The summed E-state index contributed by atoms with van der Waals surface area (Å²) in [5, 5.41) is 9.51. The second kappa shape index (κ2) is 12.4. The topological polar surface area (TPSA) is 113 Å². The van der Waals surface area contributed by atoms with Gasteiger partial charge in [-0.25, -0.2) is 17.8 Å². The summed E-state index contributed by atoms with van der Waals surface area (Å²) >= 11 is 0. The summed E-state index contributed by atoms with van der Waals surface area (Å²) in [4.78, 5) is 33.5. The van der Waals surface area contributed by atoms with Crippen LogP contribution in [0, 0.1) is 17.1 Å². The lowest BCUT2D eigenvalue weighted by atomic mass is 10.1. The van der Waals surface area contributed by atoms with E-state index in [9.17, 15) is 40.8 Å². The Morgan fingerprint density at radius 2 is 1.69 bits per heavy atom. The van der Waals surface area contributed by atoms with Crippen LogP contribution in [-0.2, 0) is 27.2 Å². The fourth-order valence-electron chi connectivity index (χ4n) is 4.74. The molecule has 0 N–H and O–H groups in total. The van der Waals surface area contributed by atoms with Crippen molar-refractivity contribution < 1.29 is 30.8 Å². The van der Waals surface area contributed by atoms with Gasteiger partial charge in [-0.1, -0.05) is 18.2 Å². The molecule has 0 spiro atoms. The van der Waals surface area contributed by atoms with Gasteiger partial charge in [-0.15, -0.1) is 0 Å². The van der Waals surface area contributed by atoms with Crippen LogP contribution >= 0.6 is 0 Å². The average molecular weight is 643 g/mol. The molecule has 45 heavy (non-hydrogen) atoms. The van der Waals surface area contributed by atoms with Gasteiger partial charge in [-0.2, -0.15) is 18.4 Å². The van der Waals surface area contributed by atoms with Crippen molar-refractivity contribution in [2.75, 3.05) is 12.3 Å². The van der Waals surface area contributed by atoms with Crippen LogP contribution in [0.2, 0.25) is 0 Å². The van der Waals surface area contributed by atoms with Crippen molar-refractivity contribution >= 4 is 26.6 Å². The number of benzene rings is 3. The first kappa shape index (κ1) is 33.3. The molecule has 1 amide bonds. The quantitative estimate of drug-likeness (QED) is 0.226. The van der Waals surface area contributed by atoms with E-state index in [0.29, 0.717) is 28.9 Å². The van der Waals surface area contributed by atoms with Gasteiger partial charge in [0.2, 0.25) is 5.91 Å². The van der Waals surface area contributed by atoms with E-state index in [4.69, 9.17) is 0 Å². The fraction of sp³-hybridized carbons (Fsp3) is 0.312. The Morgan fingerprint density at radius 1 is 1.04 bits per heavy atom. The second-order valence-electron chi connectivity index (χ2n) is 11.5. The molecule has 0 radical (unpaired) electrons. The Hall–Kier alpha value is -4.57. The molecule has 0 saturated carbocycles. The van der Waals surface area contributed by atoms with E-state index >= 15 is 0 Å². The molecule has 0 aliphatic rings. The highest BCUT2D eigenvalue weighted by Gasteiger charge is 2.36. The van der Waals surface area contributed by atoms with Crippen LogP contribution in [0.25, 0.3) is 16.6 Å². The number of aromatic nitrogens is 2. The average Bonchev–Trinajstić information content (AvgIpc) is 2.97. The predicted octanol–water partition coefficient (Wildman–Crippen LogP) is 5.76. The molecule has 0 saturated heterocycles. The fourth-order valence-corrected chi connectivity index (χ4v) is 5.79. The third-order valence-corrected chi connectivity index (χ3v) is 10.0.